The van der Waals surface area contributed by atoms with Crippen molar-refractivity contribution >= 4 is 11.9 Å². The fourth-order valence-corrected chi connectivity index (χ4v) is 3.29. The molecule has 2 N–H and O–H groups in total. The molecule has 0 unspecified atom stereocenters. The first-order chi connectivity index (χ1) is 14.8. The molecule has 0 saturated carbocycles. The topological polar surface area (TPSA) is 150 Å². The molecule has 0 aliphatic rings. The van der Waals surface area contributed by atoms with E-state index < -0.39 is 25.1 Å². The van der Waals surface area contributed by atoms with Gasteiger partial charge in [-0.25, -0.2) is 0 Å². The third kappa shape index (κ3) is 8.96. The van der Waals surface area contributed by atoms with E-state index in [0.717, 1.165) is 5.56 Å². The molecule has 10 heteroatoms. The average molecular weight is 485 g/mol. The Morgan fingerprint density at radius 2 is 1.31 bits per heavy atom. The normalized spacial score (nSPS) is 10.9. The van der Waals surface area contributed by atoms with Gasteiger partial charge in [-0.2, -0.15) is 0 Å². The molecule has 9 nitrogen and oxygen atoms in total. The van der Waals surface area contributed by atoms with Gasteiger partial charge in [0, 0.05) is 39.3 Å². The average Bonchev–Trinajstić information content (AvgIpc) is 2.72. The Labute approximate surface area is 197 Å². The molecular formula is C22H25FeN2O7. The molecule has 0 fully saturated rings. The second-order valence-electron chi connectivity index (χ2n) is 7.21. The minimum atomic E-state index is -1.33. The summed E-state index contributed by atoms with van der Waals surface area (Å²) >= 11 is 0. The summed E-state index contributed by atoms with van der Waals surface area (Å²) in [5.41, 5.74) is 2.02. The quantitative estimate of drug-likeness (QED) is 0.295. The van der Waals surface area contributed by atoms with E-state index >= 15 is 0 Å². The summed E-state index contributed by atoms with van der Waals surface area (Å²) in [6.07, 6.45) is 0. The molecule has 0 atom stereocenters. The maximum Gasteiger partial charge on any atom is 3.00 e. The van der Waals surface area contributed by atoms with Crippen LogP contribution in [0.15, 0.2) is 42.5 Å². The predicted octanol–water partition coefficient (Wildman–Crippen LogP) is -2.45. The first-order valence-electron chi connectivity index (χ1n) is 9.74. The monoisotopic (exact) mass is 485 g/mol. The van der Waals surface area contributed by atoms with Crippen LogP contribution in [0.3, 0.4) is 0 Å². The summed E-state index contributed by atoms with van der Waals surface area (Å²) < 4.78 is 0. The van der Waals surface area contributed by atoms with E-state index in [2.05, 4.69) is 0 Å². The van der Waals surface area contributed by atoms with Crippen molar-refractivity contribution < 1.29 is 52.2 Å². The van der Waals surface area contributed by atoms with Gasteiger partial charge in [-0.15, -0.1) is 0 Å². The predicted molar refractivity (Wildman–Crippen MR) is 105 cm³/mol. The second-order valence-corrected chi connectivity index (χ2v) is 7.21. The van der Waals surface area contributed by atoms with Crippen molar-refractivity contribution in [3.8, 4) is 5.75 Å². The van der Waals surface area contributed by atoms with E-state index in [4.69, 9.17) is 0 Å². The molecule has 0 spiro atoms. The van der Waals surface area contributed by atoms with Crippen LogP contribution in [-0.2, 0) is 53.0 Å². The van der Waals surface area contributed by atoms with E-state index in [1.165, 1.54) is 11.0 Å². The fraction of sp³-hybridized carbons (Fsp3) is 0.364. The van der Waals surface area contributed by atoms with E-state index in [0.29, 0.717) is 11.1 Å². The number of nitrogens with zero attached hydrogens (tertiary/aromatic N) is 2. The van der Waals surface area contributed by atoms with Gasteiger partial charge in [-0.1, -0.05) is 48.2 Å². The Bertz CT molecular complexity index is 894. The number of carboxylic acids is 2. The van der Waals surface area contributed by atoms with Gasteiger partial charge >= 0.3 is 17.1 Å². The van der Waals surface area contributed by atoms with Crippen LogP contribution in [-0.4, -0.2) is 58.1 Å². The Balaban J connectivity index is 0.00000512. The zero-order valence-corrected chi connectivity index (χ0v) is 18.5. The number of para-hydroxylation sites is 1. The Hall–Kier alpha value is -2.46. The van der Waals surface area contributed by atoms with Gasteiger partial charge in [0.25, 0.3) is 0 Å². The van der Waals surface area contributed by atoms with Gasteiger partial charge in [0.05, 0.1) is 25.2 Å². The molecule has 0 aliphatic heterocycles. The Morgan fingerprint density at radius 3 is 1.88 bits per heavy atom. The Morgan fingerprint density at radius 1 is 0.781 bits per heavy atom. The van der Waals surface area contributed by atoms with Gasteiger partial charge in [-0.3, -0.25) is 9.80 Å². The molecule has 0 amide bonds. The SMILES string of the molecule is O=C([O-])CN(CCN(CC(=O)[O-])Cc1cccc(CO)c1[O-])Cc1cccc(CO)c1.[Fe+3]. The number of rotatable bonds is 13. The summed E-state index contributed by atoms with van der Waals surface area (Å²) in [6.45, 7) is -0.745. The van der Waals surface area contributed by atoms with E-state index in [-0.39, 0.29) is 67.7 Å². The number of aliphatic carboxylic acids is 2. The third-order valence-electron chi connectivity index (χ3n) is 4.76. The molecular weight excluding hydrogens is 460 g/mol. The van der Waals surface area contributed by atoms with Gasteiger partial charge in [0.2, 0.25) is 0 Å². The van der Waals surface area contributed by atoms with Crippen molar-refractivity contribution in [3.63, 3.8) is 0 Å². The van der Waals surface area contributed by atoms with Crippen molar-refractivity contribution in [1.29, 1.82) is 0 Å². The number of hydrogen-bond donors (Lipinski definition) is 2. The zero-order chi connectivity index (χ0) is 22.8. The summed E-state index contributed by atoms with van der Waals surface area (Å²) in [6, 6.07) is 11.7. The maximum absolute atomic E-state index is 12.3. The number of carbonyl (C=O) groups is 2. The van der Waals surface area contributed by atoms with Crippen LogP contribution in [0, 0.1) is 0 Å². The molecule has 2 aromatic carbocycles. The summed E-state index contributed by atoms with van der Waals surface area (Å²) in [7, 11) is 0. The van der Waals surface area contributed by atoms with Crippen molar-refractivity contribution in [3.05, 3.63) is 64.7 Å². The molecule has 173 valence electrons. The molecule has 2 aromatic rings. The van der Waals surface area contributed by atoms with Crippen LogP contribution in [0.5, 0.6) is 5.75 Å². The van der Waals surface area contributed by atoms with E-state index in [9.17, 15) is 35.1 Å². The Kier molecular flexibility index (Phi) is 11.9. The van der Waals surface area contributed by atoms with Crippen molar-refractivity contribution in [2.75, 3.05) is 26.2 Å². The smallest absolute Gasteiger partial charge is 0.872 e. The van der Waals surface area contributed by atoms with Crippen LogP contribution < -0.4 is 15.3 Å². The zero-order valence-electron chi connectivity index (χ0n) is 17.4. The molecule has 0 bridgehead atoms. The number of carboxylic acid groups (broad SMARTS) is 2. The summed E-state index contributed by atoms with van der Waals surface area (Å²) in [5.74, 6) is -2.96. The third-order valence-corrected chi connectivity index (χ3v) is 4.76. The maximum atomic E-state index is 12.3. The number of hydrogen-bond acceptors (Lipinski definition) is 9. The first-order valence-corrected chi connectivity index (χ1v) is 9.74. The van der Waals surface area contributed by atoms with Crippen molar-refractivity contribution in [1.82, 2.24) is 9.80 Å². The standard InChI is InChI=1S/C22H28N2O7.Fe/c25-14-17-4-1-3-16(9-17)10-23(12-20(27)28)7-8-24(13-21(29)30)11-18-5-2-6-19(15-26)22(18)31;/h1-6,9,25-26,31H,7-8,10-15H2,(H,27,28)(H,29,30);/q;+3/p-3. The van der Waals surface area contributed by atoms with Gasteiger partial charge in [0.1, 0.15) is 0 Å². The van der Waals surface area contributed by atoms with Crippen LogP contribution in [0.25, 0.3) is 0 Å². The number of benzene rings is 2. The number of carbonyl (C=O) groups excluding carboxylic acids is 2. The minimum absolute atomic E-state index is 0. The van der Waals surface area contributed by atoms with Crippen LogP contribution in [0.2, 0.25) is 0 Å². The van der Waals surface area contributed by atoms with Gasteiger partial charge in [0.15, 0.2) is 0 Å². The van der Waals surface area contributed by atoms with Crippen LogP contribution in [0.4, 0.5) is 0 Å². The first kappa shape index (κ1) is 27.6. The largest absolute Gasteiger partial charge is 3.00 e. The molecule has 0 aromatic heterocycles. The van der Waals surface area contributed by atoms with Gasteiger partial charge < -0.3 is 35.1 Å². The van der Waals surface area contributed by atoms with Crippen LogP contribution in [0.1, 0.15) is 22.3 Å². The van der Waals surface area contributed by atoms with Crippen molar-refractivity contribution in [2.45, 2.75) is 26.3 Å². The van der Waals surface area contributed by atoms with E-state index in [1.54, 1.807) is 41.3 Å². The summed E-state index contributed by atoms with van der Waals surface area (Å²) in [5, 5.41) is 53.2. The minimum Gasteiger partial charge on any atom is -0.872 e. The molecule has 2 rings (SSSR count). The number of aliphatic hydroxyl groups excluding tert-OH is 2. The van der Waals surface area contributed by atoms with E-state index in [1.807, 2.05) is 0 Å². The van der Waals surface area contributed by atoms with Gasteiger partial charge in [-0.05, 0) is 22.3 Å². The van der Waals surface area contributed by atoms with Crippen LogP contribution >= 0.6 is 0 Å². The molecule has 0 saturated heterocycles. The molecule has 1 radical (unpaired) electrons. The second kappa shape index (κ2) is 13.8. The number of aliphatic hydroxyl groups is 2. The molecule has 32 heavy (non-hydrogen) atoms. The van der Waals surface area contributed by atoms with Crippen molar-refractivity contribution in [2.24, 2.45) is 0 Å². The molecule has 0 aliphatic carbocycles. The summed E-state index contributed by atoms with van der Waals surface area (Å²) in [4.78, 5) is 25.4. The fourth-order valence-electron chi connectivity index (χ4n) is 3.29. The molecule has 0 heterocycles.